The van der Waals surface area contributed by atoms with Gasteiger partial charge in [0.1, 0.15) is 0 Å². The quantitative estimate of drug-likeness (QED) is 0.748. The van der Waals surface area contributed by atoms with Crippen molar-refractivity contribution in [2.24, 2.45) is 5.73 Å². The second kappa shape index (κ2) is 6.82. The maximum atomic E-state index is 11.2. The number of unbranched alkanes of at least 4 members (excludes halogenated alkanes) is 2. The van der Waals surface area contributed by atoms with Gasteiger partial charge in [0.15, 0.2) is 0 Å². The molecular formula is C12H19N3O. The molecule has 0 saturated carbocycles. The number of primary amides is 1. The van der Waals surface area contributed by atoms with Crippen LogP contribution in [0.15, 0.2) is 24.5 Å². The average molecular weight is 221 g/mol. The van der Waals surface area contributed by atoms with Gasteiger partial charge in [0, 0.05) is 25.5 Å². The molecule has 0 fully saturated rings. The molecule has 0 spiro atoms. The van der Waals surface area contributed by atoms with E-state index in [1.807, 2.05) is 12.1 Å². The lowest BCUT2D eigenvalue weighted by Crippen LogP contribution is -2.35. The molecule has 4 nitrogen and oxygen atoms in total. The van der Waals surface area contributed by atoms with E-state index in [1.165, 1.54) is 0 Å². The Morgan fingerprint density at radius 2 is 2.31 bits per heavy atom. The van der Waals surface area contributed by atoms with Crippen molar-refractivity contribution in [3.05, 3.63) is 30.1 Å². The van der Waals surface area contributed by atoms with Gasteiger partial charge in [-0.05, 0) is 18.1 Å². The second-order valence-corrected chi connectivity index (χ2v) is 3.83. The normalized spacial score (nSPS) is 10.1. The van der Waals surface area contributed by atoms with Crippen molar-refractivity contribution in [3.63, 3.8) is 0 Å². The van der Waals surface area contributed by atoms with Gasteiger partial charge in [-0.3, -0.25) is 4.98 Å². The first-order chi connectivity index (χ1) is 7.74. The molecule has 0 aliphatic rings. The zero-order valence-corrected chi connectivity index (χ0v) is 9.72. The first-order valence-electron chi connectivity index (χ1n) is 5.67. The molecule has 2 N–H and O–H groups in total. The molecule has 0 unspecified atom stereocenters. The van der Waals surface area contributed by atoms with E-state index in [2.05, 4.69) is 11.9 Å². The largest absolute Gasteiger partial charge is 0.351 e. The molecule has 2 amide bonds. The molecule has 0 saturated heterocycles. The van der Waals surface area contributed by atoms with Crippen molar-refractivity contribution in [1.82, 2.24) is 9.88 Å². The summed E-state index contributed by atoms with van der Waals surface area (Å²) in [5, 5.41) is 0. The minimum Gasteiger partial charge on any atom is -0.351 e. The fourth-order valence-electron chi connectivity index (χ4n) is 1.53. The number of rotatable bonds is 6. The molecule has 0 aliphatic carbocycles. The Morgan fingerprint density at radius 3 is 2.88 bits per heavy atom. The summed E-state index contributed by atoms with van der Waals surface area (Å²) in [7, 11) is 0. The third kappa shape index (κ3) is 4.29. The number of nitrogens with two attached hydrogens (primary N) is 1. The molecule has 0 atom stereocenters. The number of hydrogen-bond donors (Lipinski definition) is 1. The SMILES string of the molecule is CCCCCN(Cc1cccnc1)C(N)=O. The van der Waals surface area contributed by atoms with Crippen molar-refractivity contribution >= 4 is 6.03 Å². The van der Waals surface area contributed by atoms with E-state index in [-0.39, 0.29) is 6.03 Å². The summed E-state index contributed by atoms with van der Waals surface area (Å²) in [6.45, 7) is 3.40. The number of carbonyl (C=O) groups excluding carboxylic acids is 1. The minimum atomic E-state index is -0.361. The third-order valence-corrected chi connectivity index (χ3v) is 2.44. The maximum absolute atomic E-state index is 11.2. The number of carbonyl (C=O) groups is 1. The van der Waals surface area contributed by atoms with Gasteiger partial charge in [-0.15, -0.1) is 0 Å². The van der Waals surface area contributed by atoms with Gasteiger partial charge in [-0.25, -0.2) is 4.79 Å². The van der Waals surface area contributed by atoms with Gasteiger partial charge in [0.2, 0.25) is 0 Å². The topological polar surface area (TPSA) is 59.2 Å². The van der Waals surface area contributed by atoms with Gasteiger partial charge >= 0.3 is 6.03 Å². The molecule has 0 aromatic carbocycles. The fraction of sp³-hybridized carbons (Fsp3) is 0.500. The van der Waals surface area contributed by atoms with Crippen LogP contribution in [0.4, 0.5) is 4.79 Å². The number of aromatic nitrogens is 1. The van der Waals surface area contributed by atoms with Crippen molar-refractivity contribution in [1.29, 1.82) is 0 Å². The molecule has 4 heteroatoms. The number of hydrogen-bond acceptors (Lipinski definition) is 2. The Kier molecular flexibility index (Phi) is 5.32. The monoisotopic (exact) mass is 221 g/mol. The van der Waals surface area contributed by atoms with Gasteiger partial charge in [0.25, 0.3) is 0 Å². The highest BCUT2D eigenvalue weighted by molar-refractivity contribution is 5.71. The lowest BCUT2D eigenvalue weighted by molar-refractivity contribution is 0.203. The Hall–Kier alpha value is -1.58. The van der Waals surface area contributed by atoms with E-state index in [0.29, 0.717) is 6.54 Å². The predicted molar refractivity (Wildman–Crippen MR) is 63.8 cm³/mol. The third-order valence-electron chi connectivity index (χ3n) is 2.44. The molecule has 1 aromatic heterocycles. The van der Waals surface area contributed by atoms with E-state index >= 15 is 0 Å². The van der Waals surface area contributed by atoms with Crippen LogP contribution >= 0.6 is 0 Å². The van der Waals surface area contributed by atoms with Crippen molar-refractivity contribution in [2.75, 3.05) is 6.54 Å². The molecule has 1 rings (SSSR count). The van der Waals surface area contributed by atoms with E-state index in [9.17, 15) is 4.79 Å². The zero-order chi connectivity index (χ0) is 11.8. The summed E-state index contributed by atoms with van der Waals surface area (Å²) in [6.07, 6.45) is 6.74. The van der Waals surface area contributed by atoms with Crippen LogP contribution in [0.1, 0.15) is 31.7 Å². The van der Waals surface area contributed by atoms with Crippen LogP contribution in [-0.2, 0) is 6.54 Å². The highest BCUT2D eigenvalue weighted by atomic mass is 16.2. The highest BCUT2D eigenvalue weighted by Gasteiger charge is 2.09. The highest BCUT2D eigenvalue weighted by Crippen LogP contribution is 2.05. The van der Waals surface area contributed by atoms with E-state index in [1.54, 1.807) is 17.3 Å². The van der Waals surface area contributed by atoms with Gasteiger partial charge in [0.05, 0.1) is 0 Å². The Morgan fingerprint density at radius 1 is 1.50 bits per heavy atom. The molecule has 1 aromatic rings. The van der Waals surface area contributed by atoms with E-state index < -0.39 is 0 Å². The standard InChI is InChI=1S/C12H19N3O/c1-2-3-4-8-15(12(13)16)10-11-6-5-7-14-9-11/h5-7,9H,2-4,8,10H2,1H3,(H2,13,16). The van der Waals surface area contributed by atoms with Crippen LogP contribution in [-0.4, -0.2) is 22.5 Å². The number of amides is 2. The van der Waals surface area contributed by atoms with Crippen LogP contribution in [0.25, 0.3) is 0 Å². The molecule has 0 radical (unpaired) electrons. The minimum absolute atomic E-state index is 0.361. The van der Waals surface area contributed by atoms with E-state index in [0.717, 1.165) is 31.4 Å². The smallest absolute Gasteiger partial charge is 0.315 e. The van der Waals surface area contributed by atoms with Gasteiger partial charge in [-0.2, -0.15) is 0 Å². The second-order valence-electron chi connectivity index (χ2n) is 3.83. The van der Waals surface area contributed by atoms with Crippen molar-refractivity contribution < 1.29 is 4.79 Å². The summed E-state index contributed by atoms with van der Waals surface area (Å²) in [5.41, 5.74) is 6.35. The number of pyridine rings is 1. The molecule has 1 heterocycles. The predicted octanol–water partition coefficient (Wildman–Crippen LogP) is 2.15. The maximum Gasteiger partial charge on any atom is 0.315 e. The lowest BCUT2D eigenvalue weighted by atomic mass is 10.2. The molecule has 0 bridgehead atoms. The number of nitrogens with zero attached hydrogens (tertiary/aromatic N) is 2. The zero-order valence-electron chi connectivity index (χ0n) is 9.72. The number of urea groups is 1. The van der Waals surface area contributed by atoms with Crippen molar-refractivity contribution in [3.8, 4) is 0 Å². The molecule has 88 valence electrons. The summed E-state index contributed by atoms with van der Waals surface area (Å²) in [6, 6.07) is 3.45. The van der Waals surface area contributed by atoms with Crippen LogP contribution in [0.5, 0.6) is 0 Å². The lowest BCUT2D eigenvalue weighted by Gasteiger charge is -2.20. The molecule has 0 aliphatic heterocycles. The van der Waals surface area contributed by atoms with Gasteiger partial charge in [-0.1, -0.05) is 25.8 Å². The van der Waals surface area contributed by atoms with Crippen LogP contribution < -0.4 is 5.73 Å². The Labute approximate surface area is 96.5 Å². The summed E-state index contributed by atoms with van der Waals surface area (Å²) < 4.78 is 0. The van der Waals surface area contributed by atoms with Crippen molar-refractivity contribution in [2.45, 2.75) is 32.7 Å². The Balaban J connectivity index is 2.48. The summed E-state index contributed by atoms with van der Waals surface area (Å²) >= 11 is 0. The molecular weight excluding hydrogens is 202 g/mol. The summed E-state index contributed by atoms with van der Waals surface area (Å²) in [5.74, 6) is 0. The van der Waals surface area contributed by atoms with Crippen LogP contribution in [0, 0.1) is 0 Å². The van der Waals surface area contributed by atoms with Crippen LogP contribution in [0.3, 0.4) is 0 Å². The Bertz CT molecular complexity index is 313. The average Bonchev–Trinajstić information content (AvgIpc) is 2.29. The fourth-order valence-corrected chi connectivity index (χ4v) is 1.53. The first-order valence-corrected chi connectivity index (χ1v) is 5.67. The molecule has 16 heavy (non-hydrogen) atoms. The first kappa shape index (κ1) is 12.5. The van der Waals surface area contributed by atoms with E-state index in [4.69, 9.17) is 5.73 Å². The summed E-state index contributed by atoms with van der Waals surface area (Å²) in [4.78, 5) is 16.9. The van der Waals surface area contributed by atoms with Crippen LogP contribution in [0.2, 0.25) is 0 Å². The van der Waals surface area contributed by atoms with Gasteiger partial charge < -0.3 is 10.6 Å².